The molecule has 0 atom stereocenters. The van der Waals surface area contributed by atoms with Gasteiger partial charge < -0.3 is 4.98 Å². The molecule has 5 aromatic rings. The molecule has 1 fully saturated rings. The third-order valence-corrected chi connectivity index (χ3v) is 6.50. The van der Waals surface area contributed by atoms with Crippen molar-refractivity contribution in [3.05, 3.63) is 78.2 Å². The number of H-pyrrole nitrogens is 1. The molecule has 0 spiro atoms. The molecular formula is C22H16N4S. The van der Waals surface area contributed by atoms with Crippen molar-refractivity contribution in [2.45, 2.75) is 18.3 Å². The van der Waals surface area contributed by atoms with Gasteiger partial charge in [0.1, 0.15) is 15.4 Å². The van der Waals surface area contributed by atoms with Gasteiger partial charge in [-0.3, -0.25) is 0 Å². The first-order chi connectivity index (χ1) is 13.3. The number of imidazole rings is 1. The second-order valence-corrected chi connectivity index (χ2v) is 8.10. The number of hydrogen-bond donors (Lipinski definition) is 1. The molecule has 1 N–H and O–H groups in total. The number of hydrogen-bond acceptors (Lipinski definition) is 4. The molecule has 0 unspecified atom stereocenters. The molecule has 0 aliphatic heterocycles. The number of aromatic nitrogens is 4. The number of aromatic amines is 1. The summed E-state index contributed by atoms with van der Waals surface area (Å²) < 4.78 is 0. The van der Waals surface area contributed by atoms with Gasteiger partial charge in [-0.15, -0.1) is 0 Å². The van der Waals surface area contributed by atoms with E-state index in [9.17, 15) is 0 Å². The molecule has 0 amide bonds. The van der Waals surface area contributed by atoms with Crippen molar-refractivity contribution in [1.29, 1.82) is 0 Å². The van der Waals surface area contributed by atoms with Crippen LogP contribution in [0.15, 0.2) is 67.0 Å². The van der Waals surface area contributed by atoms with Gasteiger partial charge in [-0.1, -0.05) is 41.7 Å². The maximum atomic E-state index is 5.02. The first kappa shape index (κ1) is 15.1. The zero-order valence-electron chi connectivity index (χ0n) is 14.5. The molecule has 4 nitrogen and oxygen atoms in total. The van der Waals surface area contributed by atoms with E-state index >= 15 is 0 Å². The molecule has 1 aliphatic carbocycles. The lowest BCUT2D eigenvalue weighted by molar-refractivity contribution is 0.811. The van der Waals surface area contributed by atoms with E-state index in [4.69, 9.17) is 9.97 Å². The lowest BCUT2D eigenvalue weighted by Gasteiger charge is -2.14. The molecule has 5 heteroatoms. The van der Waals surface area contributed by atoms with E-state index < -0.39 is 0 Å². The predicted molar refractivity (Wildman–Crippen MR) is 109 cm³/mol. The molecule has 130 valence electrons. The van der Waals surface area contributed by atoms with E-state index in [1.807, 2.05) is 6.07 Å². The maximum absolute atomic E-state index is 5.02. The van der Waals surface area contributed by atoms with Crippen molar-refractivity contribution >= 4 is 32.7 Å². The highest BCUT2D eigenvalue weighted by molar-refractivity contribution is 7.21. The Hall–Kier alpha value is -3.05. The standard InChI is InChI=1S/C22H16N4S/c1-2-4-15(5-3-1)22(10-11-22)19-9-8-17-21(26-19)27-20(25-17)14-6-7-16-18(12-14)24-13-23-16/h1-9,12-13H,10-11H2,(H,23,24). The number of benzene rings is 2. The summed E-state index contributed by atoms with van der Waals surface area (Å²) in [6.07, 6.45) is 4.05. The number of fused-ring (bicyclic) bond motifs is 2. The Bertz CT molecular complexity index is 1280. The number of rotatable bonds is 3. The summed E-state index contributed by atoms with van der Waals surface area (Å²) in [5.41, 5.74) is 6.69. The fourth-order valence-electron chi connectivity index (χ4n) is 3.85. The third-order valence-electron chi connectivity index (χ3n) is 5.49. The van der Waals surface area contributed by atoms with Crippen molar-refractivity contribution in [2.24, 2.45) is 0 Å². The summed E-state index contributed by atoms with van der Waals surface area (Å²) in [5, 5.41) is 0.996. The van der Waals surface area contributed by atoms with Gasteiger partial charge in [-0.25, -0.2) is 15.0 Å². The van der Waals surface area contributed by atoms with Crippen LogP contribution >= 0.6 is 11.3 Å². The lowest BCUT2D eigenvalue weighted by Crippen LogP contribution is -2.10. The Labute approximate surface area is 160 Å². The summed E-state index contributed by atoms with van der Waals surface area (Å²) in [5.74, 6) is 0. The minimum atomic E-state index is 0.0917. The van der Waals surface area contributed by atoms with Crippen LogP contribution < -0.4 is 0 Å². The third kappa shape index (κ3) is 2.32. The van der Waals surface area contributed by atoms with Gasteiger partial charge in [0.15, 0.2) is 0 Å². The summed E-state index contributed by atoms with van der Waals surface area (Å²) in [6, 6.07) is 21.2. The van der Waals surface area contributed by atoms with Gasteiger partial charge in [0, 0.05) is 11.0 Å². The van der Waals surface area contributed by atoms with Gasteiger partial charge >= 0.3 is 0 Å². The van der Waals surface area contributed by atoms with E-state index in [1.54, 1.807) is 17.7 Å². The van der Waals surface area contributed by atoms with E-state index in [-0.39, 0.29) is 5.41 Å². The Kier molecular flexibility index (Phi) is 3.05. The molecule has 3 heterocycles. The summed E-state index contributed by atoms with van der Waals surface area (Å²) in [7, 11) is 0. The Morgan fingerprint density at radius 2 is 1.74 bits per heavy atom. The zero-order chi connectivity index (χ0) is 17.8. The van der Waals surface area contributed by atoms with Crippen LogP contribution in [0.3, 0.4) is 0 Å². The van der Waals surface area contributed by atoms with Crippen LogP contribution in [0.2, 0.25) is 0 Å². The minimum Gasteiger partial charge on any atom is -0.345 e. The fraction of sp³-hybridized carbons (Fsp3) is 0.136. The van der Waals surface area contributed by atoms with Crippen LogP contribution in [0.5, 0.6) is 0 Å². The van der Waals surface area contributed by atoms with E-state index in [0.717, 1.165) is 44.8 Å². The first-order valence-electron chi connectivity index (χ1n) is 9.09. The number of nitrogens with one attached hydrogen (secondary N) is 1. The molecule has 6 rings (SSSR count). The Morgan fingerprint density at radius 3 is 2.59 bits per heavy atom. The number of nitrogens with zero attached hydrogens (tertiary/aromatic N) is 3. The Morgan fingerprint density at radius 1 is 0.889 bits per heavy atom. The van der Waals surface area contributed by atoms with Crippen LogP contribution in [0, 0.1) is 0 Å². The molecule has 2 aromatic carbocycles. The van der Waals surface area contributed by atoms with Crippen molar-refractivity contribution in [1.82, 2.24) is 19.9 Å². The molecule has 1 aliphatic rings. The molecule has 1 saturated carbocycles. The first-order valence-corrected chi connectivity index (χ1v) is 9.91. The average Bonchev–Trinajstić information content (AvgIpc) is 3.20. The Balaban J connectivity index is 1.44. The molecule has 0 radical (unpaired) electrons. The molecule has 0 bridgehead atoms. The second-order valence-electron chi connectivity index (χ2n) is 7.12. The van der Waals surface area contributed by atoms with Gasteiger partial charge in [0.2, 0.25) is 0 Å². The monoisotopic (exact) mass is 368 g/mol. The van der Waals surface area contributed by atoms with Crippen LogP contribution in [0.1, 0.15) is 24.1 Å². The van der Waals surface area contributed by atoms with Crippen molar-refractivity contribution < 1.29 is 0 Å². The average molecular weight is 368 g/mol. The van der Waals surface area contributed by atoms with Crippen LogP contribution in [0.4, 0.5) is 0 Å². The van der Waals surface area contributed by atoms with Gasteiger partial charge in [0.25, 0.3) is 0 Å². The smallest absolute Gasteiger partial charge is 0.144 e. The lowest BCUT2D eigenvalue weighted by atomic mass is 9.92. The molecule has 27 heavy (non-hydrogen) atoms. The van der Waals surface area contributed by atoms with E-state index in [2.05, 4.69) is 64.6 Å². The number of pyridine rings is 1. The van der Waals surface area contributed by atoms with Crippen LogP contribution in [-0.2, 0) is 5.41 Å². The maximum Gasteiger partial charge on any atom is 0.144 e. The van der Waals surface area contributed by atoms with Gasteiger partial charge in [-0.2, -0.15) is 0 Å². The normalized spacial score (nSPS) is 15.4. The minimum absolute atomic E-state index is 0.0917. The molecule has 0 saturated heterocycles. The van der Waals surface area contributed by atoms with Crippen molar-refractivity contribution in [2.75, 3.05) is 0 Å². The molecule has 3 aromatic heterocycles. The highest BCUT2D eigenvalue weighted by atomic mass is 32.1. The van der Waals surface area contributed by atoms with E-state index in [1.165, 1.54) is 11.3 Å². The van der Waals surface area contributed by atoms with Crippen molar-refractivity contribution in [3.63, 3.8) is 0 Å². The largest absolute Gasteiger partial charge is 0.345 e. The fourth-order valence-corrected chi connectivity index (χ4v) is 4.78. The highest BCUT2D eigenvalue weighted by Gasteiger charge is 2.47. The molecular weight excluding hydrogens is 352 g/mol. The quantitative estimate of drug-likeness (QED) is 0.469. The highest BCUT2D eigenvalue weighted by Crippen LogP contribution is 2.53. The summed E-state index contributed by atoms with van der Waals surface area (Å²) in [6.45, 7) is 0. The zero-order valence-corrected chi connectivity index (χ0v) is 15.3. The van der Waals surface area contributed by atoms with E-state index in [0.29, 0.717) is 0 Å². The predicted octanol–water partition coefficient (Wildman–Crippen LogP) is 5.31. The van der Waals surface area contributed by atoms with Crippen LogP contribution in [0.25, 0.3) is 32.0 Å². The van der Waals surface area contributed by atoms with Gasteiger partial charge in [-0.05, 0) is 48.7 Å². The van der Waals surface area contributed by atoms with Crippen molar-refractivity contribution in [3.8, 4) is 10.6 Å². The summed E-state index contributed by atoms with van der Waals surface area (Å²) >= 11 is 1.66. The van der Waals surface area contributed by atoms with Gasteiger partial charge in [0.05, 0.1) is 23.1 Å². The SMILES string of the molecule is c1ccc(C2(c3ccc4nc(-c5ccc6nc[nH]c6c5)sc4n3)CC2)cc1. The number of thiazole rings is 1. The summed E-state index contributed by atoms with van der Waals surface area (Å²) in [4.78, 5) is 18.3. The van der Waals surface area contributed by atoms with Crippen LogP contribution in [-0.4, -0.2) is 19.9 Å². The second kappa shape index (κ2) is 5.47. The topological polar surface area (TPSA) is 54.5 Å².